The van der Waals surface area contributed by atoms with Crippen LogP contribution < -0.4 is 5.32 Å². The van der Waals surface area contributed by atoms with Crippen LogP contribution in [0.15, 0.2) is 18.5 Å². The van der Waals surface area contributed by atoms with Gasteiger partial charge in [0.1, 0.15) is 17.0 Å². The summed E-state index contributed by atoms with van der Waals surface area (Å²) in [4.78, 5) is 25.5. The van der Waals surface area contributed by atoms with Crippen molar-refractivity contribution in [1.82, 2.24) is 14.9 Å². The molecule has 1 saturated heterocycles. The Morgan fingerprint density at radius 3 is 2.85 bits per heavy atom. The first kappa shape index (κ1) is 16.2. The van der Waals surface area contributed by atoms with E-state index in [-0.39, 0.29) is 5.91 Å². The predicted molar refractivity (Wildman–Crippen MR) is 105 cm³/mol. The SMILES string of the molecule is Cc1c(C(=O)N2CCCC2)sc2ncnc(NC[C@@H]3C[C@H]4C=C[C@@H]3C4)c12. The van der Waals surface area contributed by atoms with Gasteiger partial charge in [0, 0.05) is 19.6 Å². The smallest absolute Gasteiger partial charge is 0.264 e. The minimum Gasteiger partial charge on any atom is -0.369 e. The largest absolute Gasteiger partial charge is 0.369 e. The summed E-state index contributed by atoms with van der Waals surface area (Å²) in [5.41, 5.74) is 1.03. The van der Waals surface area contributed by atoms with Crippen molar-refractivity contribution in [2.24, 2.45) is 17.8 Å². The lowest BCUT2D eigenvalue weighted by molar-refractivity contribution is 0.0797. The summed E-state index contributed by atoms with van der Waals surface area (Å²) >= 11 is 1.51. The number of hydrogen-bond donors (Lipinski definition) is 1. The van der Waals surface area contributed by atoms with E-state index in [9.17, 15) is 4.79 Å². The fourth-order valence-corrected chi connectivity index (χ4v) is 5.95. The average molecular weight is 369 g/mol. The molecule has 2 aliphatic carbocycles. The molecule has 3 atom stereocenters. The predicted octanol–water partition coefficient (Wildman–Crippen LogP) is 3.86. The van der Waals surface area contributed by atoms with Gasteiger partial charge in [0.15, 0.2) is 0 Å². The lowest BCUT2D eigenvalue weighted by Gasteiger charge is -2.19. The van der Waals surface area contributed by atoms with Gasteiger partial charge in [-0.2, -0.15) is 0 Å². The molecule has 0 radical (unpaired) electrons. The van der Waals surface area contributed by atoms with Crippen LogP contribution in [0.3, 0.4) is 0 Å². The Labute approximate surface area is 157 Å². The summed E-state index contributed by atoms with van der Waals surface area (Å²) in [5.74, 6) is 3.24. The van der Waals surface area contributed by atoms with Crippen molar-refractivity contribution >= 4 is 33.3 Å². The number of aromatic nitrogens is 2. The van der Waals surface area contributed by atoms with E-state index in [1.54, 1.807) is 6.33 Å². The zero-order chi connectivity index (χ0) is 17.7. The summed E-state index contributed by atoms with van der Waals surface area (Å²) in [7, 11) is 0. The van der Waals surface area contributed by atoms with Gasteiger partial charge in [-0.25, -0.2) is 9.97 Å². The van der Waals surface area contributed by atoms with Crippen LogP contribution in [-0.4, -0.2) is 40.4 Å². The number of fused-ring (bicyclic) bond motifs is 3. The summed E-state index contributed by atoms with van der Waals surface area (Å²) in [6.45, 7) is 4.74. The van der Waals surface area contributed by atoms with Crippen molar-refractivity contribution in [1.29, 1.82) is 0 Å². The van der Waals surface area contributed by atoms with E-state index in [1.165, 1.54) is 24.2 Å². The van der Waals surface area contributed by atoms with Gasteiger partial charge in [-0.05, 0) is 55.9 Å². The maximum atomic E-state index is 12.9. The van der Waals surface area contributed by atoms with Crippen molar-refractivity contribution in [2.75, 3.05) is 25.0 Å². The van der Waals surface area contributed by atoms with Gasteiger partial charge in [0.25, 0.3) is 5.91 Å². The molecule has 0 unspecified atom stereocenters. The highest BCUT2D eigenvalue weighted by Crippen LogP contribution is 2.43. The molecule has 0 spiro atoms. The van der Waals surface area contributed by atoms with Gasteiger partial charge in [-0.3, -0.25) is 4.79 Å². The van der Waals surface area contributed by atoms with Crippen LogP contribution in [0.5, 0.6) is 0 Å². The summed E-state index contributed by atoms with van der Waals surface area (Å²) < 4.78 is 0. The van der Waals surface area contributed by atoms with Gasteiger partial charge in [-0.1, -0.05) is 12.2 Å². The number of amides is 1. The number of likely N-dealkylation sites (tertiary alicyclic amines) is 1. The maximum absolute atomic E-state index is 12.9. The molecule has 1 N–H and O–H groups in total. The fourth-order valence-electron chi connectivity index (χ4n) is 4.83. The van der Waals surface area contributed by atoms with Crippen LogP contribution in [0.25, 0.3) is 10.2 Å². The van der Waals surface area contributed by atoms with Crippen molar-refractivity contribution in [3.8, 4) is 0 Å². The van der Waals surface area contributed by atoms with Crippen LogP contribution >= 0.6 is 11.3 Å². The highest BCUT2D eigenvalue weighted by Gasteiger charge is 2.35. The van der Waals surface area contributed by atoms with E-state index in [1.807, 2.05) is 11.8 Å². The second-order valence-corrected chi connectivity index (χ2v) is 8.88. The number of nitrogens with one attached hydrogen (secondary N) is 1. The van der Waals surface area contributed by atoms with Gasteiger partial charge in [0.05, 0.1) is 10.3 Å². The number of rotatable bonds is 4. The molecule has 2 aromatic rings. The molecule has 6 heteroatoms. The molecule has 5 rings (SSSR count). The Morgan fingerprint density at radius 2 is 2.12 bits per heavy atom. The molecule has 3 heterocycles. The van der Waals surface area contributed by atoms with Crippen molar-refractivity contribution in [3.63, 3.8) is 0 Å². The lowest BCUT2D eigenvalue weighted by Crippen LogP contribution is -2.27. The number of allylic oxidation sites excluding steroid dienone is 2. The first-order chi connectivity index (χ1) is 12.7. The molecular formula is C20H24N4OS. The van der Waals surface area contributed by atoms with Crippen LogP contribution in [0.4, 0.5) is 5.82 Å². The molecule has 0 aromatic carbocycles. The number of anilines is 1. The highest BCUT2D eigenvalue weighted by molar-refractivity contribution is 7.20. The second kappa shape index (κ2) is 6.34. The maximum Gasteiger partial charge on any atom is 0.264 e. The Bertz CT molecular complexity index is 883. The Balaban J connectivity index is 1.41. The zero-order valence-electron chi connectivity index (χ0n) is 15.1. The molecule has 2 bridgehead atoms. The van der Waals surface area contributed by atoms with E-state index >= 15 is 0 Å². The first-order valence-electron chi connectivity index (χ1n) is 9.66. The van der Waals surface area contributed by atoms with E-state index in [0.29, 0.717) is 5.92 Å². The Morgan fingerprint density at radius 1 is 1.27 bits per heavy atom. The number of hydrogen-bond acceptors (Lipinski definition) is 5. The van der Waals surface area contributed by atoms with Crippen LogP contribution in [0.1, 0.15) is 40.9 Å². The molecule has 2 fully saturated rings. The van der Waals surface area contributed by atoms with Gasteiger partial charge in [0.2, 0.25) is 0 Å². The molecular weight excluding hydrogens is 344 g/mol. The molecule has 26 heavy (non-hydrogen) atoms. The van der Waals surface area contributed by atoms with E-state index in [0.717, 1.165) is 70.8 Å². The van der Waals surface area contributed by atoms with E-state index < -0.39 is 0 Å². The Kier molecular flexibility index (Phi) is 3.96. The minimum absolute atomic E-state index is 0.159. The van der Waals surface area contributed by atoms with Crippen LogP contribution in [-0.2, 0) is 0 Å². The third kappa shape index (κ3) is 2.62. The third-order valence-electron chi connectivity index (χ3n) is 6.26. The second-order valence-electron chi connectivity index (χ2n) is 7.88. The Hall–Kier alpha value is -1.95. The van der Waals surface area contributed by atoms with Crippen LogP contribution in [0.2, 0.25) is 0 Å². The zero-order valence-corrected chi connectivity index (χ0v) is 15.9. The highest BCUT2D eigenvalue weighted by atomic mass is 32.1. The molecule has 5 nitrogen and oxygen atoms in total. The number of thiophene rings is 1. The number of carbonyl (C=O) groups excluding carboxylic acids is 1. The number of carbonyl (C=O) groups is 1. The van der Waals surface area contributed by atoms with Gasteiger partial charge in [-0.15, -0.1) is 11.3 Å². The minimum atomic E-state index is 0.159. The van der Waals surface area contributed by atoms with Crippen LogP contribution in [0, 0.1) is 24.7 Å². The number of aryl methyl sites for hydroxylation is 1. The molecule has 2 aromatic heterocycles. The first-order valence-corrected chi connectivity index (χ1v) is 10.5. The monoisotopic (exact) mass is 368 g/mol. The lowest BCUT2D eigenvalue weighted by atomic mass is 9.93. The molecule has 1 saturated carbocycles. The van der Waals surface area contributed by atoms with Crippen molar-refractivity contribution < 1.29 is 4.79 Å². The quantitative estimate of drug-likeness (QED) is 0.833. The van der Waals surface area contributed by atoms with Gasteiger partial charge >= 0.3 is 0 Å². The summed E-state index contributed by atoms with van der Waals surface area (Å²) in [6.07, 6.45) is 11.2. The van der Waals surface area contributed by atoms with Crippen molar-refractivity contribution in [2.45, 2.75) is 32.6 Å². The van der Waals surface area contributed by atoms with Crippen molar-refractivity contribution in [3.05, 3.63) is 28.9 Å². The van der Waals surface area contributed by atoms with Gasteiger partial charge < -0.3 is 10.2 Å². The molecule has 1 aliphatic heterocycles. The topological polar surface area (TPSA) is 58.1 Å². The average Bonchev–Trinajstić information content (AvgIpc) is 3.43. The van der Waals surface area contributed by atoms with E-state index in [4.69, 9.17) is 0 Å². The standard InChI is InChI=1S/C20H24N4OS/c1-12-16-18(21-10-15-9-13-4-5-14(15)8-13)22-11-23-19(16)26-17(12)20(25)24-6-2-3-7-24/h4-5,11,13-15H,2-3,6-10H2,1H3,(H,21,22,23)/t13-,14+,15-/m0/s1. The normalized spacial score (nSPS) is 27.0. The molecule has 3 aliphatic rings. The molecule has 1 amide bonds. The summed E-state index contributed by atoms with van der Waals surface area (Å²) in [5, 5.41) is 4.60. The number of nitrogens with zero attached hydrogens (tertiary/aromatic N) is 3. The summed E-state index contributed by atoms with van der Waals surface area (Å²) in [6, 6.07) is 0. The fraction of sp³-hybridized carbons (Fsp3) is 0.550. The molecule has 136 valence electrons. The third-order valence-corrected chi connectivity index (χ3v) is 7.45. The van der Waals surface area contributed by atoms with E-state index in [2.05, 4.69) is 27.4 Å².